The molecule has 0 amide bonds. The maximum Gasteiger partial charge on any atom is 0.338 e. The van der Waals surface area contributed by atoms with Crippen LogP contribution in [0.15, 0.2) is 36.5 Å². The van der Waals surface area contributed by atoms with Gasteiger partial charge in [0.1, 0.15) is 25.4 Å². The van der Waals surface area contributed by atoms with Gasteiger partial charge in [-0.25, -0.2) is 9.59 Å². The molecule has 2 saturated heterocycles. The fraction of sp³-hybridized carbons (Fsp3) is 0.429. The summed E-state index contributed by atoms with van der Waals surface area (Å²) in [5.41, 5.74) is 0.204. The van der Waals surface area contributed by atoms with Crippen molar-refractivity contribution in [1.29, 1.82) is 0 Å². The predicted molar refractivity (Wildman–Crippen MR) is 68.8 cm³/mol. The summed E-state index contributed by atoms with van der Waals surface area (Å²) in [5.74, 6) is -1.17. The first kappa shape index (κ1) is 14.5. The maximum atomic E-state index is 11.7. The summed E-state index contributed by atoms with van der Waals surface area (Å²) < 4.78 is 19.8. The summed E-state index contributed by atoms with van der Waals surface area (Å²) in [7, 11) is 0. The highest BCUT2D eigenvalue weighted by Gasteiger charge is 2.26. The molecule has 0 saturated carbocycles. The SMILES string of the molecule is C=C/C(=C\C(=C)C(=O)OCC1CO1)C(=O)OCC1CO1. The number of epoxide rings is 2. The number of esters is 2. The maximum absolute atomic E-state index is 11.7. The van der Waals surface area contributed by atoms with E-state index in [4.69, 9.17) is 18.9 Å². The van der Waals surface area contributed by atoms with Gasteiger partial charge in [-0.3, -0.25) is 0 Å². The summed E-state index contributed by atoms with van der Waals surface area (Å²) in [5, 5.41) is 0. The second-order valence-corrected chi connectivity index (χ2v) is 4.44. The third-order valence-corrected chi connectivity index (χ3v) is 2.65. The molecule has 2 fully saturated rings. The molecule has 0 N–H and O–H groups in total. The van der Waals surface area contributed by atoms with Crippen molar-refractivity contribution in [2.75, 3.05) is 26.4 Å². The second-order valence-electron chi connectivity index (χ2n) is 4.44. The van der Waals surface area contributed by atoms with Crippen LogP contribution in [0.5, 0.6) is 0 Å². The largest absolute Gasteiger partial charge is 0.459 e. The standard InChI is InChI=1S/C14H16O6/c1-3-10(14(16)20-8-12-6-18-12)4-9(2)13(15)19-7-11-5-17-11/h3-4,11-12H,1-2,5-8H2/b10-4+. The molecule has 0 spiro atoms. The highest BCUT2D eigenvalue weighted by atomic mass is 16.6. The zero-order valence-corrected chi connectivity index (χ0v) is 11.0. The Labute approximate surface area is 116 Å². The molecule has 2 unspecified atom stereocenters. The van der Waals surface area contributed by atoms with Crippen molar-refractivity contribution in [3.63, 3.8) is 0 Å². The van der Waals surface area contributed by atoms with E-state index in [9.17, 15) is 9.59 Å². The fourth-order valence-corrected chi connectivity index (χ4v) is 1.29. The monoisotopic (exact) mass is 280 g/mol. The minimum absolute atomic E-state index is 0.0156. The Kier molecular flexibility index (Phi) is 4.70. The van der Waals surface area contributed by atoms with E-state index in [1.807, 2.05) is 0 Å². The van der Waals surface area contributed by atoms with Gasteiger partial charge in [0.05, 0.1) is 24.4 Å². The number of rotatable bonds is 8. The molecule has 0 radical (unpaired) electrons. The Bertz CT molecular complexity index is 456. The molecule has 2 heterocycles. The van der Waals surface area contributed by atoms with Crippen molar-refractivity contribution in [2.45, 2.75) is 12.2 Å². The van der Waals surface area contributed by atoms with Gasteiger partial charge in [0.2, 0.25) is 0 Å². The number of carbonyl (C=O) groups is 2. The highest BCUT2D eigenvalue weighted by Crippen LogP contribution is 2.13. The van der Waals surface area contributed by atoms with Gasteiger partial charge in [0.15, 0.2) is 0 Å². The van der Waals surface area contributed by atoms with E-state index >= 15 is 0 Å². The summed E-state index contributed by atoms with van der Waals surface area (Å²) in [6.07, 6.45) is 2.56. The smallest absolute Gasteiger partial charge is 0.338 e. The van der Waals surface area contributed by atoms with Crippen LogP contribution in [0.25, 0.3) is 0 Å². The Morgan fingerprint density at radius 1 is 1.10 bits per heavy atom. The van der Waals surface area contributed by atoms with E-state index in [0.717, 1.165) is 0 Å². The number of carbonyl (C=O) groups excluding carboxylic acids is 2. The van der Waals surface area contributed by atoms with Crippen LogP contribution in [0, 0.1) is 0 Å². The van der Waals surface area contributed by atoms with Crippen LogP contribution in [0.1, 0.15) is 0 Å². The normalized spacial score (nSPS) is 23.7. The molecular weight excluding hydrogens is 264 g/mol. The van der Waals surface area contributed by atoms with Gasteiger partial charge in [0, 0.05) is 0 Å². The molecule has 6 heteroatoms. The van der Waals surface area contributed by atoms with Crippen molar-refractivity contribution in [2.24, 2.45) is 0 Å². The molecule has 108 valence electrons. The first-order valence-corrected chi connectivity index (χ1v) is 6.20. The number of hydrogen-bond donors (Lipinski definition) is 0. The zero-order chi connectivity index (χ0) is 14.5. The highest BCUT2D eigenvalue weighted by molar-refractivity contribution is 5.97. The third kappa shape index (κ3) is 4.64. The molecule has 0 aromatic heterocycles. The van der Waals surface area contributed by atoms with E-state index in [1.165, 1.54) is 12.2 Å². The molecule has 0 aromatic rings. The van der Waals surface area contributed by atoms with E-state index in [0.29, 0.717) is 13.2 Å². The average Bonchev–Trinajstić information content (AvgIpc) is 3.32. The molecule has 2 atom stereocenters. The summed E-state index contributed by atoms with van der Waals surface area (Å²) in [4.78, 5) is 23.3. The topological polar surface area (TPSA) is 77.7 Å². The van der Waals surface area contributed by atoms with Crippen LogP contribution >= 0.6 is 0 Å². The quantitative estimate of drug-likeness (QED) is 0.279. The van der Waals surface area contributed by atoms with E-state index in [-0.39, 0.29) is 36.6 Å². The summed E-state index contributed by atoms with van der Waals surface area (Å²) >= 11 is 0. The molecular formula is C14H16O6. The minimum Gasteiger partial charge on any atom is -0.459 e. The molecule has 0 aliphatic carbocycles. The molecule has 2 aliphatic heterocycles. The van der Waals surface area contributed by atoms with Crippen molar-refractivity contribution in [1.82, 2.24) is 0 Å². The van der Waals surface area contributed by atoms with Crippen molar-refractivity contribution < 1.29 is 28.5 Å². The van der Waals surface area contributed by atoms with Gasteiger partial charge in [0.25, 0.3) is 0 Å². The lowest BCUT2D eigenvalue weighted by atomic mass is 10.1. The van der Waals surface area contributed by atoms with Gasteiger partial charge >= 0.3 is 11.9 Å². The van der Waals surface area contributed by atoms with Crippen LogP contribution in [-0.2, 0) is 28.5 Å². The lowest BCUT2D eigenvalue weighted by molar-refractivity contribution is -0.139. The molecule has 2 rings (SSSR count). The summed E-state index contributed by atoms with van der Waals surface area (Å²) in [6.45, 7) is 8.65. The second kappa shape index (κ2) is 6.49. The molecule has 20 heavy (non-hydrogen) atoms. The minimum atomic E-state index is -0.599. The van der Waals surface area contributed by atoms with Crippen LogP contribution in [0.4, 0.5) is 0 Å². The Balaban J connectivity index is 1.82. The number of hydrogen-bond acceptors (Lipinski definition) is 6. The Morgan fingerprint density at radius 2 is 1.60 bits per heavy atom. The fourth-order valence-electron chi connectivity index (χ4n) is 1.29. The predicted octanol–water partition coefficient (Wildman–Crippen LogP) is 0.539. The van der Waals surface area contributed by atoms with Crippen molar-refractivity contribution >= 4 is 11.9 Å². The van der Waals surface area contributed by atoms with E-state index in [1.54, 1.807) is 0 Å². The molecule has 2 aliphatic rings. The molecule has 6 nitrogen and oxygen atoms in total. The van der Waals surface area contributed by atoms with Gasteiger partial charge in [-0.05, 0) is 6.08 Å². The average molecular weight is 280 g/mol. The van der Waals surface area contributed by atoms with Crippen LogP contribution in [0.3, 0.4) is 0 Å². The van der Waals surface area contributed by atoms with Crippen LogP contribution in [0.2, 0.25) is 0 Å². The third-order valence-electron chi connectivity index (χ3n) is 2.65. The lowest BCUT2D eigenvalue weighted by Crippen LogP contribution is -2.14. The lowest BCUT2D eigenvalue weighted by Gasteiger charge is -2.05. The molecule has 0 aromatic carbocycles. The first-order valence-electron chi connectivity index (χ1n) is 6.20. The summed E-state index contributed by atoms with van der Waals surface area (Å²) in [6, 6.07) is 0. The van der Waals surface area contributed by atoms with E-state index < -0.39 is 11.9 Å². The zero-order valence-electron chi connectivity index (χ0n) is 11.0. The van der Waals surface area contributed by atoms with Crippen LogP contribution < -0.4 is 0 Å². The molecule has 0 bridgehead atoms. The van der Waals surface area contributed by atoms with Gasteiger partial charge in [-0.1, -0.05) is 19.2 Å². The van der Waals surface area contributed by atoms with Crippen molar-refractivity contribution in [3.05, 3.63) is 36.5 Å². The van der Waals surface area contributed by atoms with Gasteiger partial charge in [-0.15, -0.1) is 0 Å². The first-order chi connectivity index (χ1) is 9.60. The van der Waals surface area contributed by atoms with E-state index in [2.05, 4.69) is 13.2 Å². The number of ether oxygens (including phenoxy) is 4. The van der Waals surface area contributed by atoms with Crippen LogP contribution in [-0.4, -0.2) is 50.6 Å². The Morgan fingerprint density at radius 3 is 2.05 bits per heavy atom. The van der Waals surface area contributed by atoms with Gasteiger partial charge < -0.3 is 18.9 Å². The van der Waals surface area contributed by atoms with Gasteiger partial charge in [-0.2, -0.15) is 0 Å². The Hall–Kier alpha value is -1.92. The van der Waals surface area contributed by atoms with Crippen molar-refractivity contribution in [3.8, 4) is 0 Å².